The molecule has 1 aromatic heterocycles. The molecule has 7 heteroatoms. The van der Waals surface area contributed by atoms with E-state index in [-0.39, 0.29) is 18.1 Å². The summed E-state index contributed by atoms with van der Waals surface area (Å²) in [7, 11) is 1.75. The van der Waals surface area contributed by atoms with E-state index in [1.807, 2.05) is 36.5 Å². The van der Waals surface area contributed by atoms with Crippen molar-refractivity contribution in [2.24, 2.45) is 5.41 Å². The van der Waals surface area contributed by atoms with E-state index in [0.29, 0.717) is 19.8 Å². The molecule has 1 saturated heterocycles. The minimum Gasteiger partial charge on any atom is -0.396 e. The van der Waals surface area contributed by atoms with Gasteiger partial charge in [0.2, 0.25) is 0 Å². The monoisotopic (exact) mass is 344 g/mol. The molecule has 0 atom stereocenters. The maximum absolute atomic E-state index is 12.4. The molecule has 0 aliphatic carbocycles. The first-order valence-corrected chi connectivity index (χ1v) is 8.43. The van der Waals surface area contributed by atoms with E-state index in [1.54, 1.807) is 22.8 Å². The Balaban J connectivity index is 1.59. The number of ether oxygens (including phenoxy) is 1. The average molecular weight is 344 g/mol. The third-order valence-electron chi connectivity index (χ3n) is 4.70. The summed E-state index contributed by atoms with van der Waals surface area (Å²) < 4.78 is 7.13. The Bertz CT molecular complexity index is 679. The Hall–Kier alpha value is -2.38. The van der Waals surface area contributed by atoms with Gasteiger partial charge in [-0.1, -0.05) is 0 Å². The quantitative estimate of drug-likeness (QED) is 0.871. The largest absolute Gasteiger partial charge is 0.396 e. The van der Waals surface area contributed by atoms with Gasteiger partial charge >= 0.3 is 6.03 Å². The van der Waals surface area contributed by atoms with Crippen molar-refractivity contribution in [3.05, 3.63) is 42.7 Å². The Labute approximate surface area is 147 Å². The number of carbonyl (C=O) groups is 1. The summed E-state index contributed by atoms with van der Waals surface area (Å²) in [4.78, 5) is 14.1. The van der Waals surface area contributed by atoms with E-state index in [4.69, 9.17) is 4.74 Å². The van der Waals surface area contributed by atoms with Crippen molar-refractivity contribution in [3.63, 3.8) is 0 Å². The highest BCUT2D eigenvalue weighted by molar-refractivity contribution is 5.89. The van der Waals surface area contributed by atoms with E-state index >= 15 is 0 Å². The van der Waals surface area contributed by atoms with Crippen LogP contribution in [0.1, 0.15) is 12.8 Å². The second-order valence-corrected chi connectivity index (χ2v) is 6.55. The first-order valence-electron chi connectivity index (χ1n) is 8.43. The SMILES string of the molecule is CN(CC1(CO)CCOCC1)C(=O)Nc1ccc(-n2cccn2)cc1. The van der Waals surface area contributed by atoms with Crippen molar-refractivity contribution in [1.82, 2.24) is 14.7 Å². The van der Waals surface area contributed by atoms with Crippen LogP contribution in [0.5, 0.6) is 0 Å². The summed E-state index contributed by atoms with van der Waals surface area (Å²) >= 11 is 0. The number of rotatable bonds is 5. The predicted molar refractivity (Wildman–Crippen MR) is 94.8 cm³/mol. The van der Waals surface area contributed by atoms with Crippen molar-refractivity contribution in [1.29, 1.82) is 0 Å². The van der Waals surface area contributed by atoms with Crippen LogP contribution >= 0.6 is 0 Å². The highest BCUT2D eigenvalue weighted by atomic mass is 16.5. The molecular weight excluding hydrogens is 320 g/mol. The van der Waals surface area contributed by atoms with Crippen molar-refractivity contribution < 1.29 is 14.6 Å². The molecule has 2 aromatic rings. The fraction of sp³-hybridized carbons (Fsp3) is 0.444. The highest BCUT2D eigenvalue weighted by Gasteiger charge is 2.34. The molecule has 0 unspecified atom stereocenters. The smallest absolute Gasteiger partial charge is 0.321 e. The fourth-order valence-corrected chi connectivity index (χ4v) is 3.08. The number of urea groups is 1. The topological polar surface area (TPSA) is 79.6 Å². The van der Waals surface area contributed by atoms with Gasteiger partial charge < -0.3 is 20.1 Å². The molecule has 1 fully saturated rings. The van der Waals surface area contributed by atoms with Gasteiger partial charge in [0.05, 0.1) is 12.3 Å². The molecule has 2 heterocycles. The Morgan fingerprint density at radius 2 is 2.08 bits per heavy atom. The van der Waals surface area contributed by atoms with Crippen molar-refractivity contribution >= 4 is 11.7 Å². The zero-order valence-electron chi connectivity index (χ0n) is 14.4. The van der Waals surface area contributed by atoms with Crippen molar-refractivity contribution in [3.8, 4) is 5.69 Å². The van der Waals surface area contributed by atoms with Gasteiger partial charge in [-0.3, -0.25) is 0 Å². The zero-order valence-corrected chi connectivity index (χ0v) is 14.4. The molecule has 3 rings (SSSR count). The summed E-state index contributed by atoms with van der Waals surface area (Å²) in [5, 5.41) is 16.8. The Morgan fingerprint density at radius 3 is 2.68 bits per heavy atom. The van der Waals surface area contributed by atoms with Crippen LogP contribution in [0, 0.1) is 5.41 Å². The number of nitrogens with one attached hydrogen (secondary N) is 1. The standard InChI is InChI=1S/C18H24N4O3/c1-21(13-18(14-23)7-11-25-12-8-18)17(24)20-15-3-5-16(6-4-15)22-10-2-9-19-22/h2-6,9-10,23H,7-8,11-14H2,1H3,(H,20,24). The van der Waals surface area contributed by atoms with E-state index < -0.39 is 0 Å². The maximum atomic E-state index is 12.4. The summed E-state index contributed by atoms with van der Waals surface area (Å²) in [6.45, 7) is 1.83. The molecule has 134 valence electrons. The van der Waals surface area contributed by atoms with E-state index in [9.17, 15) is 9.90 Å². The predicted octanol–water partition coefficient (Wildman–Crippen LogP) is 2.13. The van der Waals surface area contributed by atoms with Gasteiger partial charge in [0.1, 0.15) is 0 Å². The molecule has 7 nitrogen and oxygen atoms in total. The van der Waals surface area contributed by atoms with E-state index in [0.717, 1.165) is 24.2 Å². The van der Waals surface area contributed by atoms with Gasteiger partial charge in [0.25, 0.3) is 0 Å². The van der Waals surface area contributed by atoms with Gasteiger partial charge in [-0.15, -0.1) is 0 Å². The van der Waals surface area contributed by atoms with Crippen LogP contribution in [-0.2, 0) is 4.74 Å². The average Bonchev–Trinajstić information content (AvgIpc) is 3.18. The normalized spacial score (nSPS) is 16.4. The van der Waals surface area contributed by atoms with Crippen molar-refractivity contribution in [2.75, 3.05) is 38.7 Å². The number of benzene rings is 1. The third kappa shape index (κ3) is 4.18. The molecule has 25 heavy (non-hydrogen) atoms. The van der Waals surface area contributed by atoms with E-state index in [2.05, 4.69) is 10.4 Å². The third-order valence-corrected chi connectivity index (χ3v) is 4.70. The van der Waals surface area contributed by atoms with Crippen LogP contribution < -0.4 is 5.32 Å². The van der Waals surface area contributed by atoms with Crippen LogP contribution in [0.3, 0.4) is 0 Å². The lowest BCUT2D eigenvalue weighted by molar-refractivity contribution is -0.0255. The minimum absolute atomic E-state index is 0.0621. The molecule has 0 saturated carbocycles. The van der Waals surface area contributed by atoms with Gasteiger partial charge in [0.15, 0.2) is 0 Å². The first-order chi connectivity index (χ1) is 12.1. The number of hydrogen-bond acceptors (Lipinski definition) is 4. The fourth-order valence-electron chi connectivity index (χ4n) is 3.08. The summed E-state index contributed by atoms with van der Waals surface area (Å²) in [6.07, 6.45) is 5.11. The summed E-state index contributed by atoms with van der Waals surface area (Å²) in [6, 6.07) is 9.16. The van der Waals surface area contributed by atoms with Gasteiger partial charge in [0, 0.05) is 50.3 Å². The number of amides is 2. The van der Waals surface area contributed by atoms with E-state index in [1.165, 1.54) is 0 Å². The zero-order chi connectivity index (χ0) is 17.7. The highest BCUT2D eigenvalue weighted by Crippen LogP contribution is 2.30. The Morgan fingerprint density at radius 1 is 1.36 bits per heavy atom. The molecule has 0 bridgehead atoms. The maximum Gasteiger partial charge on any atom is 0.321 e. The number of aliphatic hydroxyl groups excluding tert-OH is 1. The van der Waals surface area contributed by atoms with Crippen LogP contribution in [0.15, 0.2) is 42.7 Å². The van der Waals surface area contributed by atoms with Crippen LogP contribution in [0.2, 0.25) is 0 Å². The summed E-state index contributed by atoms with van der Waals surface area (Å²) in [5.74, 6) is 0. The molecule has 2 amide bonds. The summed E-state index contributed by atoms with van der Waals surface area (Å²) in [5.41, 5.74) is 1.38. The van der Waals surface area contributed by atoms with Crippen molar-refractivity contribution in [2.45, 2.75) is 12.8 Å². The molecule has 1 aromatic carbocycles. The lowest BCUT2D eigenvalue weighted by Crippen LogP contribution is -2.45. The minimum atomic E-state index is -0.270. The molecule has 0 radical (unpaired) electrons. The lowest BCUT2D eigenvalue weighted by atomic mass is 9.80. The number of nitrogens with zero attached hydrogens (tertiary/aromatic N) is 3. The molecule has 1 aliphatic rings. The molecule has 0 spiro atoms. The second-order valence-electron chi connectivity index (χ2n) is 6.55. The molecule has 2 N–H and O–H groups in total. The van der Waals surface area contributed by atoms with Gasteiger partial charge in [-0.25, -0.2) is 9.48 Å². The van der Waals surface area contributed by atoms with Crippen LogP contribution in [-0.4, -0.2) is 59.2 Å². The van der Waals surface area contributed by atoms with Gasteiger partial charge in [-0.05, 0) is 43.2 Å². The van der Waals surface area contributed by atoms with Gasteiger partial charge in [-0.2, -0.15) is 5.10 Å². The second kappa shape index (κ2) is 7.67. The van der Waals surface area contributed by atoms with Crippen LogP contribution in [0.25, 0.3) is 5.69 Å². The number of anilines is 1. The number of carbonyl (C=O) groups excluding carboxylic acids is 1. The number of aromatic nitrogens is 2. The first kappa shape index (κ1) is 17.4. The number of hydrogen-bond donors (Lipinski definition) is 2. The van der Waals surface area contributed by atoms with Crippen LogP contribution in [0.4, 0.5) is 10.5 Å². The Kier molecular flexibility index (Phi) is 5.35. The number of aliphatic hydroxyl groups is 1. The molecular formula is C18H24N4O3. The molecule has 1 aliphatic heterocycles. The lowest BCUT2D eigenvalue weighted by Gasteiger charge is -2.38.